The summed E-state index contributed by atoms with van der Waals surface area (Å²) in [4.78, 5) is 11.3. The molecule has 1 aliphatic heterocycles. The number of aliphatic hydroxyl groups excluding tert-OH is 3. The number of amides is 1. The van der Waals surface area contributed by atoms with Crippen molar-refractivity contribution in [3.05, 3.63) is 29.8 Å². The molecule has 0 bridgehead atoms. The van der Waals surface area contributed by atoms with Gasteiger partial charge in [0, 0.05) is 6.92 Å². The molecule has 4 N–H and O–H groups in total. The van der Waals surface area contributed by atoms with E-state index in [2.05, 4.69) is 5.32 Å². The first-order chi connectivity index (χ1) is 11.5. The minimum absolute atomic E-state index is 0.158. The fraction of sp³-hybridized carbons (Fsp3) is 0.562. The smallest absolute Gasteiger partial charge is 0.217 e. The van der Waals surface area contributed by atoms with E-state index in [4.69, 9.17) is 14.2 Å². The van der Waals surface area contributed by atoms with E-state index in [0.717, 1.165) is 5.56 Å². The second kappa shape index (κ2) is 8.41. The van der Waals surface area contributed by atoms with Crippen LogP contribution in [0.1, 0.15) is 12.5 Å². The van der Waals surface area contributed by atoms with Crippen molar-refractivity contribution < 1.29 is 34.3 Å². The zero-order valence-corrected chi connectivity index (χ0v) is 13.6. The molecule has 2 rings (SSSR count). The third kappa shape index (κ3) is 4.43. The summed E-state index contributed by atoms with van der Waals surface area (Å²) in [5, 5.41) is 31.9. The molecule has 0 saturated carbocycles. The van der Waals surface area contributed by atoms with Gasteiger partial charge in [-0.25, -0.2) is 0 Å². The van der Waals surface area contributed by atoms with E-state index in [1.165, 1.54) is 6.92 Å². The number of nitrogens with one attached hydrogen (secondary N) is 1. The zero-order valence-electron chi connectivity index (χ0n) is 13.6. The number of benzene rings is 1. The minimum atomic E-state index is -1.33. The first-order valence-corrected chi connectivity index (χ1v) is 7.60. The number of aliphatic hydroxyl groups is 3. The maximum absolute atomic E-state index is 11.3. The number of hydrogen-bond acceptors (Lipinski definition) is 7. The Morgan fingerprint density at radius 3 is 2.46 bits per heavy atom. The van der Waals surface area contributed by atoms with E-state index in [1.54, 1.807) is 19.2 Å². The molecule has 0 spiro atoms. The van der Waals surface area contributed by atoms with Crippen LogP contribution in [0.15, 0.2) is 24.3 Å². The van der Waals surface area contributed by atoms with Crippen molar-refractivity contribution >= 4 is 5.91 Å². The first kappa shape index (κ1) is 18.6. The van der Waals surface area contributed by atoms with Gasteiger partial charge in [0.15, 0.2) is 6.29 Å². The molecule has 1 aromatic carbocycles. The third-order valence-corrected chi connectivity index (χ3v) is 3.82. The predicted octanol–water partition coefficient (Wildman–Crippen LogP) is -0.844. The van der Waals surface area contributed by atoms with Gasteiger partial charge >= 0.3 is 0 Å². The summed E-state index contributed by atoms with van der Waals surface area (Å²) < 4.78 is 16.2. The Kier molecular flexibility index (Phi) is 6.52. The van der Waals surface area contributed by atoms with Gasteiger partial charge in [0.2, 0.25) is 5.91 Å². The Morgan fingerprint density at radius 1 is 1.25 bits per heavy atom. The van der Waals surface area contributed by atoms with E-state index >= 15 is 0 Å². The van der Waals surface area contributed by atoms with Crippen molar-refractivity contribution in [2.24, 2.45) is 0 Å². The van der Waals surface area contributed by atoms with Gasteiger partial charge in [0.05, 0.1) is 20.3 Å². The molecular formula is C16H23NO7. The lowest BCUT2D eigenvalue weighted by Gasteiger charge is -2.42. The van der Waals surface area contributed by atoms with Gasteiger partial charge < -0.3 is 34.8 Å². The Balaban J connectivity index is 2.06. The summed E-state index contributed by atoms with van der Waals surface area (Å²) in [5.41, 5.74) is 0.835. The highest BCUT2D eigenvalue weighted by molar-refractivity contribution is 5.73. The number of carbonyl (C=O) groups is 1. The largest absolute Gasteiger partial charge is 0.497 e. The zero-order chi connectivity index (χ0) is 17.7. The molecule has 8 nitrogen and oxygen atoms in total. The van der Waals surface area contributed by atoms with E-state index < -0.39 is 43.2 Å². The molecule has 1 aliphatic rings. The minimum Gasteiger partial charge on any atom is -0.497 e. The average Bonchev–Trinajstić information content (AvgIpc) is 2.58. The molecule has 1 amide bonds. The van der Waals surface area contributed by atoms with Crippen LogP contribution in [0.5, 0.6) is 5.75 Å². The molecule has 24 heavy (non-hydrogen) atoms. The van der Waals surface area contributed by atoms with Gasteiger partial charge in [0.25, 0.3) is 0 Å². The summed E-state index contributed by atoms with van der Waals surface area (Å²) in [6.45, 7) is 0.969. The maximum Gasteiger partial charge on any atom is 0.217 e. The van der Waals surface area contributed by atoms with Gasteiger partial charge in [-0.05, 0) is 17.7 Å². The van der Waals surface area contributed by atoms with Crippen LogP contribution in [-0.2, 0) is 20.9 Å². The summed E-state index contributed by atoms with van der Waals surface area (Å²) in [6, 6.07) is 6.23. The Labute approximate surface area is 140 Å². The molecular weight excluding hydrogens is 318 g/mol. The van der Waals surface area contributed by atoms with Crippen LogP contribution in [0, 0.1) is 0 Å². The molecule has 1 fully saturated rings. The number of rotatable bonds is 6. The highest BCUT2D eigenvalue weighted by atomic mass is 16.7. The van der Waals surface area contributed by atoms with Crippen LogP contribution >= 0.6 is 0 Å². The predicted molar refractivity (Wildman–Crippen MR) is 83.1 cm³/mol. The number of ether oxygens (including phenoxy) is 3. The van der Waals surface area contributed by atoms with Gasteiger partial charge in [-0.1, -0.05) is 12.1 Å². The highest BCUT2D eigenvalue weighted by Gasteiger charge is 2.45. The van der Waals surface area contributed by atoms with Crippen molar-refractivity contribution in [2.75, 3.05) is 13.7 Å². The average molecular weight is 341 g/mol. The van der Waals surface area contributed by atoms with E-state index in [0.29, 0.717) is 5.75 Å². The van der Waals surface area contributed by atoms with Crippen LogP contribution in [0.25, 0.3) is 0 Å². The second-order valence-corrected chi connectivity index (χ2v) is 5.59. The number of carbonyl (C=O) groups excluding carboxylic acids is 1. The topological polar surface area (TPSA) is 117 Å². The summed E-state index contributed by atoms with van der Waals surface area (Å²) in [7, 11) is 1.57. The monoisotopic (exact) mass is 341 g/mol. The van der Waals surface area contributed by atoms with Crippen molar-refractivity contribution in [2.45, 2.75) is 44.2 Å². The number of hydrogen-bond donors (Lipinski definition) is 4. The third-order valence-electron chi connectivity index (χ3n) is 3.82. The molecule has 0 aliphatic carbocycles. The van der Waals surface area contributed by atoms with E-state index in [9.17, 15) is 20.1 Å². The van der Waals surface area contributed by atoms with E-state index in [-0.39, 0.29) is 6.61 Å². The molecule has 0 radical (unpaired) electrons. The van der Waals surface area contributed by atoms with Crippen molar-refractivity contribution in [3.8, 4) is 5.75 Å². The fourth-order valence-electron chi connectivity index (χ4n) is 2.51. The molecule has 8 heteroatoms. The molecule has 1 aromatic rings. The second-order valence-electron chi connectivity index (χ2n) is 5.59. The van der Waals surface area contributed by atoms with Gasteiger partial charge in [-0.2, -0.15) is 0 Å². The van der Waals surface area contributed by atoms with Crippen LogP contribution in [0.3, 0.4) is 0 Å². The number of methoxy groups -OCH3 is 1. The summed E-state index contributed by atoms with van der Waals surface area (Å²) >= 11 is 0. The SMILES string of the molecule is COc1ccc(CO[C@H]2O[C@@H](CO)[C@@H](O)[C@H](O)[C@H]2NC(C)=O)cc1. The molecule has 0 unspecified atom stereocenters. The molecule has 134 valence electrons. The summed E-state index contributed by atoms with van der Waals surface area (Å²) in [5.74, 6) is 0.318. The van der Waals surface area contributed by atoms with Gasteiger partial charge in [0.1, 0.15) is 30.1 Å². The normalized spacial score (nSPS) is 30.0. The van der Waals surface area contributed by atoms with Gasteiger partial charge in [-0.3, -0.25) is 4.79 Å². The molecule has 5 atom stereocenters. The lowest BCUT2D eigenvalue weighted by Crippen LogP contribution is -2.64. The van der Waals surface area contributed by atoms with E-state index in [1.807, 2.05) is 12.1 Å². The van der Waals surface area contributed by atoms with Crippen molar-refractivity contribution in [3.63, 3.8) is 0 Å². The van der Waals surface area contributed by atoms with Gasteiger partial charge in [-0.15, -0.1) is 0 Å². The Morgan fingerprint density at radius 2 is 1.92 bits per heavy atom. The van der Waals surface area contributed by atoms with Crippen LogP contribution < -0.4 is 10.1 Å². The lowest BCUT2D eigenvalue weighted by atomic mass is 9.97. The van der Waals surface area contributed by atoms with Crippen LogP contribution in [0.4, 0.5) is 0 Å². The molecule has 0 aromatic heterocycles. The molecule has 1 saturated heterocycles. The highest BCUT2D eigenvalue weighted by Crippen LogP contribution is 2.23. The maximum atomic E-state index is 11.3. The standard InChI is InChI=1S/C16H23NO7/c1-9(19)17-13-15(21)14(20)12(7-18)24-16(13)23-8-10-3-5-11(22-2)6-4-10/h3-6,12-16,18,20-21H,7-8H2,1-2H3,(H,17,19)/t12-,13+,14+,15+,16-/m0/s1. The van der Waals surface area contributed by atoms with Crippen LogP contribution in [0.2, 0.25) is 0 Å². The molecule has 1 heterocycles. The quantitative estimate of drug-likeness (QED) is 0.533. The van der Waals surface area contributed by atoms with Crippen LogP contribution in [-0.4, -0.2) is 65.6 Å². The summed E-state index contributed by atoms with van der Waals surface area (Å²) in [6.07, 6.45) is -4.65. The van der Waals surface area contributed by atoms with Crippen molar-refractivity contribution in [1.29, 1.82) is 0 Å². The Bertz CT molecular complexity index is 536. The van der Waals surface area contributed by atoms with Crippen molar-refractivity contribution in [1.82, 2.24) is 5.32 Å². The fourth-order valence-corrected chi connectivity index (χ4v) is 2.51. The first-order valence-electron chi connectivity index (χ1n) is 7.60. The lowest BCUT2D eigenvalue weighted by molar-refractivity contribution is -0.273. The Hall–Kier alpha value is -1.71.